The van der Waals surface area contributed by atoms with E-state index < -0.39 is 0 Å². The number of rotatable bonds is 6. The number of hydrogen-bond acceptors (Lipinski definition) is 4. The van der Waals surface area contributed by atoms with Gasteiger partial charge in [0.25, 0.3) is 0 Å². The Hall–Kier alpha value is -2.51. The number of aryl methyl sites for hydroxylation is 1. The van der Waals surface area contributed by atoms with Gasteiger partial charge in [-0.25, -0.2) is 4.79 Å². The Morgan fingerprint density at radius 1 is 1.14 bits per heavy atom. The lowest BCUT2D eigenvalue weighted by atomic mass is 9.95. The highest BCUT2D eigenvalue weighted by atomic mass is 79.9. The Labute approximate surface area is 222 Å². The van der Waals surface area contributed by atoms with Crippen molar-refractivity contribution in [3.63, 3.8) is 0 Å². The molecule has 7 heteroatoms. The Kier molecular flexibility index (Phi) is 7.58. The maximum atomic E-state index is 13.3. The first-order chi connectivity index (χ1) is 17.5. The maximum Gasteiger partial charge on any atom is 0.340 e. The number of phenolic OH excluding ortho intramolecular Hbond substituents is 1. The molecule has 1 aliphatic heterocycles. The fraction of sp³-hybridized carbons (Fsp3) is 0.483. The van der Waals surface area contributed by atoms with Gasteiger partial charge in [-0.2, -0.15) is 0 Å². The van der Waals surface area contributed by atoms with Crippen molar-refractivity contribution in [2.45, 2.75) is 58.5 Å². The largest absolute Gasteiger partial charge is 0.507 e. The van der Waals surface area contributed by atoms with Crippen LogP contribution in [0.25, 0.3) is 10.9 Å². The summed E-state index contributed by atoms with van der Waals surface area (Å²) in [4.78, 5) is 17.3. The van der Waals surface area contributed by atoms with Crippen LogP contribution < -0.4 is 9.80 Å². The standard InChI is InChI=1S/C29H36BrN3O3/c1-3-36-29(35)28-22-17-27(34)23(30)18-25(22)33(21-10-5-4-6-11-21)26(28)19-31-13-15-32(16-14-31)24-12-8-7-9-20(24)2/h7-9,12,17-18,21,34H,3-6,10-11,13-16,19H2,1-2H3/p+1. The molecular weight excluding hydrogens is 518 g/mol. The van der Waals surface area contributed by atoms with Gasteiger partial charge in [0.1, 0.15) is 12.3 Å². The third-order valence-electron chi connectivity index (χ3n) is 7.94. The van der Waals surface area contributed by atoms with E-state index in [1.54, 1.807) is 6.07 Å². The number of esters is 1. The van der Waals surface area contributed by atoms with Gasteiger partial charge < -0.3 is 24.2 Å². The van der Waals surface area contributed by atoms with E-state index in [-0.39, 0.29) is 11.7 Å². The van der Waals surface area contributed by atoms with E-state index in [1.165, 1.54) is 35.4 Å². The zero-order chi connectivity index (χ0) is 25.2. The minimum absolute atomic E-state index is 0.152. The van der Waals surface area contributed by atoms with Gasteiger partial charge in [0.05, 0.1) is 54.0 Å². The molecule has 0 atom stereocenters. The summed E-state index contributed by atoms with van der Waals surface area (Å²) in [5.74, 6) is -0.133. The third-order valence-corrected chi connectivity index (χ3v) is 8.57. The molecular formula is C29H37BrN3O3+. The van der Waals surface area contributed by atoms with Crippen molar-refractivity contribution < 1.29 is 19.5 Å². The summed E-state index contributed by atoms with van der Waals surface area (Å²) in [6.45, 7) is 9.14. The zero-order valence-corrected chi connectivity index (χ0v) is 22.9. The van der Waals surface area contributed by atoms with Crippen molar-refractivity contribution in [3.05, 3.63) is 57.7 Å². The predicted octanol–water partition coefficient (Wildman–Crippen LogP) is 5.00. The van der Waals surface area contributed by atoms with Crippen LogP contribution in [0.1, 0.15) is 66.7 Å². The molecule has 2 fully saturated rings. The predicted molar refractivity (Wildman–Crippen MR) is 147 cm³/mol. The molecule has 6 nitrogen and oxygen atoms in total. The molecule has 0 bridgehead atoms. The summed E-state index contributed by atoms with van der Waals surface area (Å²) in [6, 6.07) is 12.7. The number of nitrogens with one attached hydrogen (secondary N) is 1. The molecule has 3 aromatic rings. The number of aromatic hydroxyl groups is 1. The van der Waals surface area contributed by atoms with E-state index >= 15 is 0 Å². The van der Waals surface area contributed by atoms with Gasteiger partial charge in [-0.05, 0) is 66.4 Å². The van der Waals surface area contributed by atoms with E-state index in [0.29, 0.717) is 22.7 Å². The molecule has 36 heavy (non-hydrogen) atoms. The highest BCUT2D eigenvalue weighted by molar-refractivity contribution is 9.10. The maximum absolute atomic E-state index is 13.3. The average Bonchev–Trinajstić information content (AvgIpc) is 3.18. The quantitative estimate of drug-likeness (QED) is 0.421. The van der Waals surface area contributed by atoms with Crippen LogP contribution in [-0.2, 0) is 11.3 Å². The number of aromatic nitrogens is 1. The van der Waals surface area contributed by atoms with Crippen molar-refractivity contribution in [2.24, 2.45) is 0 Å². The fourth-order valence-corrected chi connectivity index (χ4v) is 6.46. The molecule has 0 unspecified atom stereocenters. The number of para-hydroxylation sites is 1. The van der Waals surface area contributed by atoms with Gasteiger partial charge >= 0.3 is 5.97 Å². The number of quaternary nitrogens is 1. The highest BCUT2D eigenvalue weighted by Crippen LogP contribution is 2.40. The Morgan fingerprint density at radius 3 is 2.56 bits per heavy atom. The molecule has 2 aromatic carbocycles. The molecule has 5 rings (SSSR count). The van der Waals surface area contributed by atoms with Crippen molar-refractivity contribution in [1.82, 2.24) is 4.57 Å². The molecule has 2 aliphatic rings. The summed E-state index contributed by atoms with van der Waals surface area (Å²) in [5.41, 5.74) is 5.34. The molecule has 2 heterocycles. The second-order valence-corrected chi connectivity index (χ2v) is 11.1. The van der Waals surface area contributed by atoms with Gasteiger partial charge in [-0.15, -0.1) is 0 Å². The fourth-order valence-electron chi connectivity index (χ4n) is 6.13. The summed E-state index contributed by atoms with van der Waals surface area (Å²) in [5, 5.41) is 11.3. The first kappa shape index (κ1) is 25.2. The number of benzene rings is 2. The van der Waals surface area contributed by atoms with Crippen LogP contribution in [0.5, 0.6) is 5.75 Å². The number of carbonyl (C=O) groups excluding carboxylic acids is 1. The van der Waals surface area contributed by atoms with Crippen LogP contribution >= 0.6 is 15.9 Å². The molecule has 0 spiro atoms. The second kappa shape index (κ2) is 10.9. The van der Waals surface area contributed by atoms with Crippen molar-refractivity contribution in [3.8, 4) is 5.75 Å². The lowest BCUT2D eigenvalue weighted by Crippen LogP contribution is -3.13. The number of halogens is 1. The van der Waals surface area contributed by atoms with Gasteiger partial charge in [0.2, 0.25) is 0 Å². The number of hydrogen-bond donors (Lipinski definition) is 2. The number of ether oxygens (including phenoxy) is 1. The summed E-state index contributed by atoms with van der Waals surface area (Å²) in [7, 11) is 0. The number of carbonyl (C=O) groups is 1. The molecule has 1 saturated carbocycles. The van der Waals surface area contributed by atoms with Crippen molar-refractivity contribution in [2.75, 3.05) is 37.7 Å². The van der Waals surface area contributed by atoms with E-state index in [0.717, 1.165) is 62.2 Å². The smallest absolute Gasteiger partial charge is 0.340 e. The summed E-state index contributed by atoms with van der Waals surface area (Å²) < 4.78 is 8.64. The Bertz CT molecular complexity index is 1240. The molecule has 2 N–H and O–H groups in total. The minimum atomic E-state index is -0.285. The van der Waals surface area contributed by atoms with Crippen LogP contribution in [-0.4, -0.2) is 48.4 Å². The van der Waals surface area contributed by atoms with Crippen LogP contribution in [0.15, 0.2) is 40.9 Å². The van der Waals surface area contributed by atoms with E-state index in [9.17, 15) is 9.90 Å². The molecule has 1 aliphatic carbocycles. The van der Waals surface area contributed by atoms with Gasteiger partial charge in [0, 0.05) is 17.1 Å². The van der Waals surface area contributed by atoms with Gasteiger partial charge in [-0.3, -0.25) is 0 Å². The van der Waals surface area contributed by atoms with Crippen LogP contribution in [0.4, 0.5) is 5.69 Å². The van der Waals surface area contributed by atoms with E-state index in [2.05, 4.69) is 56.6 Å². The molecule has 0 amide bonds. The first-order valence-electron chi connectivity index (χ1n) is 13.3. The minimum Gasteiger partial charge on any atom is -0.507 e. The second-order valence-electron chi connectivity index (χ2n) is 10.2. The SMILES string of the molecule is CCOC(=O)c1c(C[NH+]2CCN(c3ccccc3C)CC2)n(C2CCCCC2)c2cc(Br)c(O)cc12. The highest BCUT2D eigenvalue weighted by Gasteiger charge is 2.32. The number of fused-ring (bicyclic) bond motifs is 1. The Balaban J connectivity index is 1.52. The molecule has 1 saturated heterocycles. The molecule has 192 valence electrons. The normalized spacial score (nSPS) is 17.6. The number of nitrogens with zero attached hydrogens (tertiary/aromatic N) is 2. The molecule has 0 radical (unpaired) electrons. The van der Waals surface area contributed by atoms with Gasteiger partial charge in [-0.1, -0.05) is 37.5 Å². The monoisotopic (exact) mass is 554 g/mol. The van der Waals surface area contributed by atoms with Crippen LogP contribution in [0.3, 0.4) is 0 Å². The van der Waals surface area contributed by atoms with Crippen LogP contribution in [0, 0.1) is 6.92 Å². The number of phenols is 1. The van der Waals surface area contributed by atoms with Gasteiger partial charge in [0.15, 0.2) is 0 Å². The van der Waals surface area contributed by atoms with E-state index in [1.807, 2.05) is 13.0 Å². The third kappa shape index (κ3) is 4.88. The van der Waals surface area contributed by atoms with Crippen molar-refractivity contribution in [1.29, 1.82) is 0 Å². The average molecular weight is 556 g/mol. The zero-order valence-electron chi connectivity index (χ0n) is 21.4. The number of piperazine rings is 1. The molecule has 1 aromatic heterocycles. The van der Waals surface area contributed by atoms with Crippen LogP contribution in [0.2, 0.25) is 0 Å². The first-order valence-corrected chi connectivity index (χ1v) is 14.1. The number of anilines is 1. The van der Waals surface area contributed by atoms with E-state index in [4.69, 9.17) is 4.74 Å². The Morgan fingerprint density at radius 2 is 1.86 bits per heavy atom. The topological polar surface area (TPSA) is 59.1 Å². The summed E-state index contributed by atoms with van der Waals surface area (Å²) >= 11 is 3.52. The summed E-state index contributed by atoms with van der Waals surface area (Å²) in [6.07, 6.45) is 5.92. The van der Waals surface area contributed by atoms with Crippen molar-refractivity contribution >= 4 is 38.5 Å². The lowest BCUT2D eigenvalue weighted by molar-refractivity contribution is -0.914. The lowest BCUT2D eigenvalue weighted by Gasteiger charge is -2.35.